The second-order valence-corrected chi connectivity index (χ2v) is 3.41. The molecule has 2 N–H and O–H groups in total. The highest BCUT2D eigenvalue weighted by Gasteiger charge is 2.08. The molecule has 0 amide bonds. The molecule has 0 aliphatic carbocycles. The lowest BCUT2D eigenvalue weighted by molar-refractivity contribution is 0.409. The van der Waals surface area contributed by atoms with Crippen LogP contribution in [0, 0.1) is 0 Å². The van der Waals surface area contributed by atoms with Crippen molar-refractivity contribution in [2.45, 2.75) is 6.54 Å². The number of nitrogens with two attached hydrogens (primary N) is 1. The molecule has 2 rings (SSSR count). The van der Waals surface area contributed by atoms with Gasteiger partial charge < -0.3 is 15.2 Å². The molecule has 0 aliphatic heterocycles. The van der Waals surface area contributed by atoms with Gasteiger partial charge in [-0.25, -0.2) is 0 Å². The fraction of sp³-hybridized carbons (Fsp3) is 0.250. The lowest BCUT2D eigenvalue weighted by atomic mass is 10.1. The minimum absolute atomic E-state index is 0.462. The summed E-state index contributed by atoms with van der Waals surface area (Å²) in [6, 6.07) is 5.68. The van der Waals surface area contributed by atoms with Gasteiger partial charge in [-0.1, -0.05) is 0 Å². The maximum absolute atomic E-state index is 5.59. The summed E-state index contributed by atoms with van der Waals surface area (Å²) in [6.07, 6.45) is 1.75. The maximum Gasteiger partial charge on any atom is 0.145 e. The smallest absolute Gasteiger partial charge is 0.145 e. The molecule has 84 valence electrons. The maximum atomic E-state index is 5.59. The van der Waals surface area contributed by atoms with E-state index in [9.17, 15) is 0 Å². The molecule has 0 fully saturated rings. The SMILES string of the molecule is COc1ccc(OC)c2ncc(CN)cc12. The van der Waals surface area contributed by atoms with Crippen LogP contribution in [0.3, 0.4) is 0 Å². The highest BCUT2D eigenvalue weighted by atomic mass is 16.5. The third kappa shape index (κ3) is 1.67. The predicted molar refractivity (Wildman–Crippen MR) is 62.7 cm³/mol. The van der Waals surface area contributed by atoms with E-state index in [1.807, 2.05) is 18.2 Å². The van der Waals surface area contributed by atoms with Gasteiger partial charge in [0.1, 0.15) is 17.0 Å². The Hall–Kier alpha value is -1.81. The van der Waals surface area contributed by atoms with Gasteiger partial charge in [-0.3, -0.25) is 4.98 Å². The quantitative estimate of drug-likeness (QED) is 0.852. The second-order valence-electron chi connectivity index (χ2n) is 3.41. The Morgan fingerprint density at radius 2 is 1.88 bits per heavy atom. The number of methoxy groups -OCH3 is 2. The molecular formula is C12H14N2O2. The lowest BCUT2D eigenvalue weighted by Gasteiger charge is -2.09. The zero-order valence-electron chi connectivity index (χ0n) is 9.36. The Balaban J connectivity index is 2.74. The van der Waals surface area contributed by atoms with Crippen molar-refractivity contribution in [1.29, 1.82) is 0 Å². The molecule has 0 radical (unpaired) electrons. The fourth-order valence-corrected chi connectivity index (χ4v) is 1.67. The Labute approximate surface area is 94.0 Å². The molecule has 4 nitrogen and oxygen atoms in total. The number of benzene rings is 1. The molecule has 4 heteroatoms. The van der Waals surface area contributed by atoms with Crippen molar-refractivity contribution >= 4 is 10.9 Å². The number of pyridine rings is 1. The van der Waals surface area contributed by atoms with E-state index in [0.717, 1.165) is 28.0 Å². The Morgan fingerprint density at radius 1 is 1.19 bits per heavy atom. The Kier molecular flexibility index (Phi) is 2.92. The van der Waals surface area contributed by atoms with E-state index in [4.69, 9.17) is 15.2 Å². The minimum Gasteiger partial charge on any atom is -0.496 e. The van der Waals surface area contributed by atoms with Crippen LogP contribution in [0.25, 0.3) is 10.9 Å². The van der Waals surface area contributed by atoms with Gasteiger partial charge in [-0.05, 0) is 23.8 Å². The van der Waals surface area contributed by atoms with Crippen molar-refractivity contribution in [3.8, 4) is 11.5 Å². The van der Waals surface area contributed by atoms with Crippen LogP contribution in [0.4, 0.5) is 0 Å². The van der Waals surface area contributed by atoms with Crippen LogP contribution in [0.2, 0.25) is 0 Å². The largest absolute Gasteiger partial charge is 0.496 e. The molecule has 0 saturated carbocycles. The lowest BCUT2D eigenvalue weighted by Crippen LogP contribution is -1.98. The first-order valence-corrected chi connectivity index (χ1v) is 5.00. The summed E-state index contributed by atoms with van der Waals surface area (Å²) in [4.78, 5) is 4.35. The molecule has 0 saturated heterocycles. The molecule has 1 aromatic carbocycles. The van der Waals surface area contributed by atoms with E-state index in [-0.39, 0.29) is 0 Å². The summed E-state index contributed by atoms with van der Waals surface area (Å²) in [5, 5.41) is 0.921. The van der Waals surface area contributed by atoms with Gasteiger partial charge in [0, 0.05) is 18.1 Å². The number of rotatable bonds is 3. The monoisotopic (exact) mass is 218 g/mol. The minimum atomic E-state index is 0.462. The van der Waals surface area contributed by atoms with E-state index in [1.54, 1.807) is 20.4 Å². The van der Waals surface area contributed by atoms with Crippen LogP contribution < -0.4 is 15.2 Å². The van der Waals surface area contributed by atoms with Crippen LogP contribution in [0.15, 0.2) is 24.4 Å². The average Bonchev–Trinajstić information content (AvgIpc) is 2.36. The van der Waals surface area contributed by atoms with E-state index >= 15 is 0 Å². The molecule has 0 spiro atoms. The van der Waals surface area contributed by atoms with Crippen LogP contribution in [-0.2, 0) is 6.54 Å². The van der Waals surface area contributed by atoms with Crippen molar-refractivity contribution in [2.24, 2.45) is 5.73 Å². The third-order valence-corrected chi connectivity index (χ3v) is 2.50. The molecule has 0 bridgehead atoms. The van der Waals surface area contributed by atoms with Crippen molar-refractivity contribution in [1.82, 2.24) is 4.98 Å². The predicted octanol–water partition coefficient (Wildman–Crippen LogP) is 1.71. The van der Waals surface area contributed by atoms with Gasteiger partial charge in [0.05, 0.1) is 14.2 Å². The highest BCUT2D eigenvalue weighted by molar-refractivity contribution is 5.90. The molecule has 0 unspecified atom stereocenters. The third-order valence-electron chi connectivity index (χ3n) is 2.50. The standard InChI is InChI=1S/C12H14N2O2/c1-15-10-3-4-11(16-2)12-9(10)5-8(6-13)7-14-12/h3-5,7H,6,13H2,1-2H3. The summed E-state index contributed by atoms with van der Waals surface area (Å²) in [5.41, 5.74) is 7.35. The number of nitrogens with zero attached hydrogens (tertiary/aromatic N) is 1. The molecule has 2 aromatic rings. The van der Waals surface area contributed by atoms with Crippen molar-refractivity contribution < 1.29 is 9.47 Å². The first-order valence-electron chi connectivity index (χ1n) is 5.00. The Morgan fingerprint density at radius 3 is 2.50 bits per heavy atom. The number of fused-ring (bicyclic) bond motifs is 1. The fourth-order valence-electron chi connectivity index (χ4n) is 1.67. The van der Waals surface area contributed by atoms with Gasteiger partial charge in [0.25, 0.3) is 0 Å². The zero-order chi connectivity index (χ0) is 11.5. The van der Waals surface area contributed by atoms with E-state index in [1.165, 1.54) is 0 Å². The van der Waals surface area contributed by atoms with Crippen molar-refractivity contribution in [3.63, 3.8) is 0 Å². The highest BCUT2D eigenvalue weighted by Crippen LogP contribution is 2.31. The van der Waals surface area contributed by atoms with Gasteiger partial charge in [0.2, 0.25) is 0 Å². The zero-order valence-corrected chi connectivity index (χ0v) is 9.36. The van der Waals surface area contributed by atoms with Gasteiger partial charge >= 0.3 is 0 Å². The second kappa shape index (κ2) is 4.37. The summed E-state index contributed by atoms with van der Waals surface area (Å²) in [7, 11) is 3.26. The van der Waals surface area contributed by atoms with Crippen LogP contribution in [0.1, 0.15) is 5.56 Å². The first kappa shape index (κ1) is 10.7. The van der Waals surface area contributed by atoms with Crippen LogP contribution >= 0.6 is 0 Å². The number of aromatic nitrogens is 1. The topological polar surface area (TPSA) is 57.4 Å². The van der Waals surface area contributed by atoms with Crippen LogP contribution in [0.5, 0.6) is 11.5 Å². The number of hydrogen-bond donors (Lipinski definition) is 1. The summed E-state index contributed by atoms with van der Waals surface area (Å²) < 4.78 is 10.5. The van der Waals surface area contributed by atoms with Gasteiger partial charge in [0.15, 0.2) is 0 Å². The first-order chi connectivity index (χ1) is 7.80. The normalized spacial score (nSPS) is 10.4. The van der Waals surface area contributed by atoms with Gasteiger partial charge in [-0.2, -0.15) is 0 Å². The van der Waals surface area contributed by atoms with Gasteiger partial charge in [-0.15, -0.1) is 0 Å². The summed E-state index contributed by atoms with van der Waals surface area (Å²) in [6.45, 7) is 0.462. The number of hydrogen-bond acceptors (Lipinski definition) is 4. The van der Waals surface area contributed by atoms with Crippen molar-refractivity contribution in [3.05, 3.63) is 30.0 Å². The summed E-state index contributed by atoms with van der Waals surface area (Å²) in [5.74, 6) is 1.51. The number of ether oxygens (including phenoxy) is 2. The molecule has 1 aromatic heterocycles. The van der Waals surface area contributed by atoms with E-state index in [2.05, 4.69) is 4.98 Å². The van der Waals surface area contributed by atoms with Crippen molar-refractivity contribution in [2.75, 3.05) is 14.2 Å². The van der Waals surface area contributed by atoms with E-state index in [0.29, 0.717) is 6.54 Å². The van der Waals surface area contributed by atoms with Crippen LogP contribution in [-0.4, -0.2) is 19.2 Å². The molecule has 0 atom stereocenters. The molecule has 16 heavy (non-hydrogen) atoms. The molecule has 0 aliphatic rings. The molecular weight excluding hydrogens is 204 g/mol. The Bertz CT molecular complexity index is 512. The molecule has 1 heterocycles. The van der Waals surface area contributed by atoms with E-state index < -0.39 is 0 Å². The average molecular weight is 218 g/mol. The summed E-state index contributed by atoms with van der Waals surface area (Å²) >= 11 is 0.